The molecular formula is C11H6F2N2O2S. The topological polar surface area (TPSA) is 66.1 Å². The second-order valence-electron chi connectivity index (χ2n) is 3.39. The Labute approximate surface area is 105 Å². The molecule has 0 saturated carbocycles. The minimum absolute atomic E-state index is 0.0506. The van der Waals surface area contributed by atoms with Gasteiger partial charge in [0.15, 0.2) is 11.4 Å². The second kappa shape index (κ2) is 4.61. The summed E-state index contributed by atoms with van der Waals surface area (Å²) in [5, 5.41) is 9.84. The van der Waals surface area contributed by atoms with Crippen LogP contribution in [0.2, 0.25) is 0 Å². The summed E-state index contributed by atoms with van der Waals surface area (Å²) in [6.45, 7) is 0. The molecule has 0 spiro atoms. The van der Waals surface area contributed by atoms with Gasteiger partial charge in [0.05, 0.1) is 5.56 Å². The molecule has 0 saturated heterocycles. The van der Waals surface area contributed by atoms with Crippen molar-refractivity contribution < 1.29 is 18.0 Å². The number of carbonyl (C=O) groups is 1. The molecule has 1 amide bonds. The Balaban J connectivity index is 2.72. The zero-order valence-corrected chi connectivity index (χ0v) is 9.61. The van der Waals surface area contributed by atoms with E-state index in [1.165, 1.54) is 6.07 Å². The van der Waals surface area contributed by atoms with Crippen molar-refractivity contribution in [3.05, 3.63) is 41.0 Å². The summed E-state index contributed by atoms with van der Waals surface area (Å²) in [6.07, 6.45) is 0.345. The molecule has 92 valence electrons. The van der Waals surface area contributed by atoms with E-state index in [1.807, 2.05) is 0 Å². The molecule has 1 aromatic heterocycles. The number of rotatable bonds is 2. The van der Waals surface area contributed by atoms with Crippen molar-refractivity contribution in [1.82, 2.24) is 5.32 Å². The van der Waals surface area contributed by atoms with E-state index in [1.54, 1.807) is 0 Å². The van der Waals surface area contributed by atoms with Crippen LogP contribution in [0, 0.1) is 17.0 Å². The molecule has 0 radical (unpaired) electrons. The van der Waals surface area contributed by atoms with Gasteiger partial charge in [-0.05, 0) is 12.1 Å². The lowest BCUT2D eigenvalue weighted by atomic mass is 10.1. The van der Waals surface area contributed by atoms with Crippen LogP contribution < -0.4 is 10.9 Å². The van der Waals surface area contributed by atoms with Crippen molar-refractivity contribution in [3.8, 4) is 0 Å². The molecule has 0 aliphatic rings. The average molecular weight is 268 g/mol. The number of nitrogens with one attached hydrogen (secondary N) is 2. The van der Waals surface area contributed by atoms with Gasteiger partial charge in [0.1, 0.15) is 10.8 Å². The van der Waals surface area contributed by atoms with Gasteiger partial charge in [-0.1, -0.05) is 12.2 Å². The van der Waals surface area contributed by atoms with Crippen molar-refractivity contribution in [1.29, 1.82) is 5.41 Å². The van der Waals surface area contributed by atoms with E-state index in [0.717, 1.165) is 6.07 Å². The van der Waals surface area contributed by atoms with Crippen molar-refractivity contribution in [3.63, 3.8) is 0 Å². The molecular weight excluding hydrogens is 262 g/mol. The fourth-order valence-electron chi connectivity index (χ4n) is 1.47. The number of carbonyl (C=O) groups excluding carboxylic acids is 1. The van der Waals surface area contributed by atoms with Gasteiger partial charge >= 0.3 is 0 Å². The van der Waals surface area contributed by atoms with E-state index in [2.05, 4.69) is 5.32 Å². The first kappa shape index (κ1) is 12.3. The zero-order valence-electron chi connectivity index (χ0n) is 8.79. The van der Waals surface area contributed by atoms with Crippen LogP contribution in [0.1, 0.15) is 5.56 Å². The van der Waals surface area contributed by atoms with E-state index in [9.17, 15) is 13.6 Å². The molecule has 0 atom stereocenters. The first-order valence-electron chi connectivity index (χ1n) is 4.75. The van der Waals surface area contributed by atoms with Crippen molar-refractivity contribution in [2.75, 3.05) is 0 Å². The lowest BCUT2D eigenvalue weighted by Crippen LogP contribution is -2.26. The maximum Gasteiger partial charge on any atom is 0.222 e. The molecule has 0 unspecified atom stereocenters. The molecule has 2 N–H and O–H groups in total. The van der Waals surface area contributed by atoms with Crippen LogP contribution >= 0.6 is 12.2 Å². The number of fused-ring (bicyclic) bond motifs is 1. The first-order chi connectivity index (χ1) is 8.52. The summed E-state index contributed by atoms with van der Waals surface area (Å²) >= 11 is 4.83. The highest BCUT2D eigenvalue weighted by atomic mass is 32.1. The molecule has 18 heavy (non-hydrogen) atoms. The molecule has 0 aliphatic carbocycles. The van der Waals surface area contributed by atoms with Crippen LogP contribution in [-0.4, -0.2) is 11.4 Å². The minimum atomic E-state index is -0.903. The standard InChI is InChI=1S/C11H6F2N2O2S/c12-6-1-5-2-7(11(18)15-4-16)10(14)17-9(5)8(13)3-6/h1-4,14H,(H,15,16,18). The third-order valence-electron chi connectivity index (χ3n) is 2.22. The largest absolute Gasteiger partial charge is 0.435 e. The quantitative estimate of drug-likeness (QED) is 0.642. The first-order valence-corrected chi connectivity index (χ1v) is 5.16. The van der Waals surface area contributed by atoms with Gasteiger partial charge in [-0.25, -0.2) is 8.78 Å². The molecule has 1 heterocycles. The van der Waals surface area contributed by atoms with Gasteiger partial charge in [-0.3, -0.25) is 10.2 Å². The van der Waals surface area contributed by atoms with Crippen molar-refractivity contribution in [2.45, 2.75) is 0 Å². The van der Waals surface area contributed by atoms with Gasteiger partial charge < -0.3 is 9.73 Å². The minimum Gasteiger partial charge on any atom is -0.435 e. The highest BCUT2D eigenvalue weighted by molar-refractivity contribution is 7.80. The summed E-state index contributed by atoms with van der Waals surface area (Å²) in [5.41, 5.74) is -0.569. The Kier molecular flexibility index (Phi) is 3.15. The zero-order chi connectivity index (χ0) is 13.3. The van der Waals surface area contributed by atoms with Crippen LogP contribution in [0.15, 0.2) is 22.6 Å². The van der Waals surface area contributed by atoms with Gasteiger partial charge in [0.25, 0.3) is 0 Å². The van der Waals surface area contributed by atoms with E-state index >= 15 is 0 Å². The summed E-state index contributed by atoms with van der Waals surface area (Å²) < 4.78 is 31.4. The number of benzene rings is 1. The summed E-state index contributed by atoms with van der Waals surface area (Å²) in [5.74, 6) is -1.67. The summed E-state index contributed by atoms with van der Waals surface area (Å²) in [4.78, 5) is 10.2. The lowest BCUT2D eigenvalue weighted by Gasteiger charge is -2.04. The smallest absolute Gasteiger partial charge is 0.222 e. The second-order valence-corrected chi connectivity index (χ2v) is 3.79. The van der Waals surface area contributed by atoms with Crippen LogP contribution in [-0.2, 0) is 4.79 Å². The number of halogens is 2. The molecule has 1 aromatic carbocycles. The molecule has 0 fully saturated rings. The molecule has 2 rings (SSSR count). The van der Waals surface area contributed by atoms with Crippen LogP contribution in [0.5, 0.6) is 0 Å². The fraction of sp³-hybridized carbons (Fsp3) is 0. The van der Waals surface area contributed by atoms with E-state index in [-0.39, 0.29) is 21.5 Å². The lowest BCUT2D eigenvalue weighted by molar-refractivity contribution is -0.108. The Hall–Kier alpha value is -2.15. The molecule has 7 heteroatoms. The maximum atomic E-state index is 13.4. The number of amides is 1. The normalized spacial score (nSPS) is 10.3. The van der Waals surface area contributed by atoms with Gasteiger partial charge in [0.2, 0.25) is 12.0 Å². The summed E-state index contributed by atoms with van der Waals surface area (Å²) in [7, 11) is 0. The number of thiocarbonyl (C=S) groups is 1. The van der Waals surface area contributed by atoms with Crippen molar-refractivity contribution >= 4 is 34.6 Å². The predicted octanol–water partition coefficient (Wildman–Crippen LogP) is 1.61. The van der Waals surface area contributed by atoms with Crippen molar-refractivity contribution in [2.24, 2.45) is 0 Å². The van der Waals surface area contributed by atoms with Crippen LogP contribution in [0.3, 0.4) is 0 Å². The maximum absolute atomic E-state index is 13.4. The summed E-state index contributed by atoms with van der Waals surface area (Å²) in [6, 6.07) is 2.99. The number of hydrogen-bond acceptors (Lipinski definition) is 4. The molecule has 2 aromatic rings. The van der Waals surface area contributed by atoms with Crippen LogP contribution in [0.4, 0.5) is 8.78 Å². The Morgan fingerprint density at radius 2 is 2.11 bits per heavy atom. The highest BCUT2D eigenvalue weighted by Gasteiger charge is 2.11. The van der Waals surface area contributed by atoms with E-state index in [0.29, 0.717) is 12.5 Å². The van der Waals surface area contributed by atoms with Gasteiger partial charge in [-0.2, -0.15) is 0 Å². The monoisotopic (exact) mass is 268 g/mol. The average Bonchev–Trinajstić information content (AvgIpc) is 2.29. The molecule has 0 bridgehead atoms. The number of hydrogen-bond donors (Lipinski definition) is 2. The van der Waals surface area contributed by atoms with Gasteiger partial charge in [0, 0.05) is 11.5 Å². The van der Waals surface area contributed by atoms with E-state index < -0.39 is 17.2 Å². The Morgan fingerprint density at radius 3 is 2.78 bits per heavy atom. The fourth-order valence-corrected chi connectivity index (χ4v) is 1.67. The van der Waals surface area contributed by atoms with Crippen LogP contribution in [0.25, 0.3) is 11.0 Å². The molecule has 0 aliphatic heterocycles. The Morgan fingerprint density at radius 1 is 1.39 bits per heavy atom. The highest BCUT2D eigenvalue weighted by Crippen LogP contribution is 2.19. The van der Waals surface area contributed by atoms with Gasteiger partial charge in [-0.15, -0.1) is 0 Å². The van der Waals surface area contributed by atoms with E-state index in [4.69, 9.17) is 22.0 Å². The molecule has 4 nitrogen and oxygen atoms in total. The Bertz CT molecular complexity index is 712. The SMILES string of the molecule is N=c1oc2c(F)cc(F)cc2cc1C(=S)NC=O. The predicted molar refractivity (Wildman–Crippen MR) is 62.9 cm³/mol. The third kappa shape index (κ3) is 2.12. The third-order valence-corrected chi connectivity index (χ3v) is 2.56.